The van der Waals surface area contributed by atoms with Gasteiger partial charge in [0, 0.05) is 24.5 Å². The van der Waals surface area contributed by atoms with E-state index in [0.29, 0.717) is 6.61 Å². The molecule has 0 atom stereocenters. The molecule has 0 amide bonds. The van der Waals surface area contributed by atoms with Gasteiger partial charge in [0.2, 0.25) is 0 Å². The third-order valence-corrected chi connectivity index (χ3v) is 5.80. The van der Waals surface area contributed by atoms with E-state index in [4.69, 9.17) is 19.2 Å². The summed E-state index contributed by atoms with van der Waals surface area (Å²) in [4.78, 5) is 19.1. The molecule has 0 saturated carbocycles. The number of anilines is 1. The molecule has 2 heterocycles. The van der Waals surface area contributed by atoms with Crippen molar-refractivity contribution < 1.29 is 19.0 Å². The predicted octanol–water partition coefficient (Wildman–Crippen LogP) is 4.70. The number of methoxy groups -OCH3 is 2. The van der Waals surface area contributed by atoms with Crippen LogP contribution in [0.1, 0.15) is 19.8 Å². The first-order valence-electron chi connectivity index (χ1n) is 10.7. The Balaban J connectivity index is 1.54. The molecule has 6 heteroatoms. The van der Waals surface area contributed by atoms with Crippen molar-refractivity contribution in [2.24, 2.45) is 5.92 Å². The minimum atomic E-state index is -0.0738. The highest BCUT2D eigenvalue weighted by Crippen LogP contribution is 2.32. The molecule has 6 nitrogen and oxygen atoms in total. The zero-order valence-corrected chi connectivity index (χ0v) is 18.3. The molecule has 31 heavy (non-hydrogen) atoms. The fraction of sp³-hybridized carbons (Fsp3) is 0.360. The van der Waals surface area contributed by atoms with Crippen LogP contribution in [0.5, 0.6) is 11.5 Å². The Morgan fingerprint density at radius 3 is 2.32 bits per heavy atom. The maximum Gasteiger partial charge on any atom is 0.309 e. The van der Waals surface area contributed by atoms with Gasteiger partial charge in [0.25, 0.3) is 0 Å². The predicted molar refractivity (Wildman–Crippen MR) is 122 cm³/mol. The Morgan fingerprint density at radius 1 is 0.968 bits per heavy atom. The van der Waals surface area contributed by atoms with E-state index in [-0.39, 0.29) is 11.9 Å². The number of nitrogens with zero attached hydrogens (tertiary/aromatic N) is 2. The molecule has 0 radical (unpaired) electrons. The molecule has 1 aliphatic rings. The number of esters is 1. The molecule has 2 aromatic carbocycles. The summed E-state index contributed by atoms with van der Waals surface area (Å²) in [7, 11) is 3.31. The summed E-state index contributed by atoms with van der Waals surface area (Å²) in [5.74, 6) is 2.39. The first kappa shape index (κ1) is 21.0. The van der Waals surface area contributed by atoms with Crippen molar-refractivity contribution in [3.05, 3.63) is 48.5 Å². The Labute approximate surface area is 182 Å². The van der Waals surface area contributed by atoms with Crippen LogP contribution >= 0.6 is 0 Å². The molecule has 1 aromatic heterocycles. The maximum absolute atomic E-state index is 12.0. The van der Waals surface area contributed by atoms with Crippen LogP contribution in [-0.4, -0.2) is 44.9 Å². The smallest absolute Gasteiger partial charge is 0.309 e. The molecular weight excluding hydrogens is 392 g/mol. The summed E-state index contributed by atoms with van der Waals surface area (Å²) in [6, 6.07) is 16.3. The van der Waals surface area contributed by atoms with Crippen LogP contribution in [0.4, 0.5) is 5.82 Å². The van der Waals surface area contributed by atoms with Gasteiger partial charge in [-0.3, -0.25) is 4.79 Å². The van der Waals surface area contributed by atoms with E-state index in [0.717, 1.165) is 65.3 Å². The number of carbonyl (C=O) groups excluding carboxylic acids is 1. The van der Waals surface area contributed by atoms with Crippen molar-refractivity contribution in [2.45, 2.75) is 19.8 Å². The van der Waals surface area contributed by atoms with Gasteiger partial charge in [-0.25, -0.2) is 4.98 Å². The Hall–Kier alpha value is -3.28. The molecule has 4 rings (SSSR count). The van der Waals surface area contributed by atoms with Gasteiger partial charge in [0.05, 0.1) is 32.3 Å². The van der Waals surface area contributed by atoms with Gasteiger partial charge >= 0.3 is 5.97 Å². The van der Waals surface area contributed by atoms with Crippen molar-refractivity contribution >= 4 is 22.7 Å². The van der Waals surface area contributed by atoms with Crippen LogP contribution < -0.4 is 14.4 Å². The number of carbonyl (C=O) groups is 1. The van der Waals surface area contributed by atoms with Gasteiger partial charge in [-0.2, -0.15) is 0 Å². The molecule has 0 spiro atoms. The monoisotopic (exact) mass is 420 g/mol. The lowest BCUT2D eigenvalue weighted by molar-refractivity contribution is -0.148. The average molecular weight is 421 g/mol. The van der Waals surface area contributed by atoms with E-state index >= 15 is 0 Å². The molecule has 1 aliphatic heterocycles. The second kappa shape index (κ2) is 9.25. The van der Waals surface area contributed by atoms with Crippen molar-refractivity contribution in [3.63, 3.8) is 0 Å². The number of hydrogen-bond donors (Lipinski definition) is 0. The van der Waals surface area contributed by atoms with E-state index in [1.165, 1.54) is 0 Å². The topological polar surface area (TPSA) is 60.9 Å². The average Bonchev–Trinajstić information content (AvgIpc) is 2.83. The summed E-state index contributed by atoms with van der Waals surface area (Å²) in [6.07, 6.45) is 1.60. The highest BCUT2D eigenvalue weighted by molar-refractivity contribution is 5.86. The third-order valence-electron chi connectivity index (χ3n) is 5.80. The van der Waals surface area contributed by atoms with Crippen molar-refractivity contribution in [1.82, 2.24) is 4.98 Å². The molecule has 162 valence electrons. The van der Waals surface area contributed by atoms with Gasteiger partial charge in [-0.15, -0.1) is 0 Å². The summed E-state index contributed by atoms with van der Waals surface area (Å²) in [5.41, 5.74) is 3.06. The van der Waals surface area contributed by atoms with E-state index in [1.54, 1.807) is 14.2 Å². The van der Waals surface area contributed by atoms with Crippen LogP contribution in [-0.2, 0) is 9.53 Å². The number of piperidine rings is 1. The van der Waals surface area contributed by atoms with Crippen LogP contribution in [0.2, 0.25) is 0 Å². The number of rotatable bonds is 6. The Kier molecular flexibility index (Phi) is 6.26. The van der Waals surface area contributed by atoms with Crippen molar-refractivity contribution in [3.8, 4) is 22.6 Å². The summed E-state index contributed by atoms with van der Waals surface area (Å²) >= 11 is 0. The maximum atomic E-state index is 12.0. The Bertz CT molecular complexity index is 1050. The third kappa shape index (κ3) is 4.58. The summed E-state index contributed by atoms with van der Waals surface area (Å²) in [6.45, 7) is 3.91. The molecule has 3 aromatic rings. The van der Waals surface area contributed by atoms with Gasteiger partial charge in [0.1, 0.15) is 17.3 Å². The van der Waals surface area contributed by atoms with Crippen LogP contribution in [0.15, 0.2) is 48.5 Å². The number of pyridine rings is 1. The SMILES string of the molecule is CCOC(=O)C1CCN(c2ccc3cc(-c4cc(OC)cc(OC)c4)ccc3n2)CC1. The first-order chi connectivity index (χ1) is 15.1. The van der Waals surface area contributed by atoms with Gasteiger partial charge in [-0.05, 0) is 67.3 Å². The molecule has 0 N–H and O–H groups in total. The number of fused-ring (bicyclic) bond motifs is 1. The lowest BCUT2D eigenvalue weighted by Crippen LogP contribution is -2.37. The molecular formula is C25H28N2O4. The lowest BCUT2D eigenvalue weighted by atomic mass is 9.97. The highest BCUT2D eigenvalue weighted by atomic mass is 16.5. The van der Waals surface area contributed by atoms with Gasteiger partial charge in [-0.1, -0.05) is 6.07 Å². The molecule has 0 aliphatic carbocycles. The fourth-order valence-electron chi connectivity index (χ4n) is 4.05. The van der Waals surface area contributed by atoms with E-state index in [9.17, 15) is 4.79 Å². The molecule has 0 bridgehead atoms. The minimum absolute atomic E-state index is 0.000861. The summed E-state index contributed by atoms with van der Waals surface area (Å²) in [5, 5.41) is 1.07. The van der Waals surface area contributed by atoms with Crippen molar-refractivity contribution in [2.75, 3.05) is 38.8 Å². The number of hydrogen-bond acceptors (Lipinski definition) is 6. The second-order valence-corrected chi connectivity index (χ2v) is 7.69. The lowest BCUT2D eigenvalue weighted by Gasteiger charge is -2.31. The number of ether oxygens (including phenoxy) is 3. The normalized spacial score (nSPS) is 14.5. The standard InChI is InChI=1S/C25H28N2O4/c1-4-31-25(28)17-9-11-27(12-10-17)24-8-6-19-13-18(5-7-23(19)26-24)20-14-21(29-2)16-22(15-20)30-3/h5-8,13-17H,4,9-12H2,1-3H3. The zero-order valence-electron chi connectivity index (χ0n) is 18.3. The zero-order chi connectivity index (χ0) is 21.8. The van der Waals surface area contributed by atoms with Crippen LogP contribution in [0, 0.1) is 5.92 Å². The highest BCUT2D eigenvalue weighted by Gasteiger charge is 2.26. The number of aromatic nitrogens is 1. The summed E-state index contributed by atoms with van der Waals surface area (Å²) < 4.78 is 16.0. The van der Waals surface area contributed by atoms with E-state index < -0.39 is 0 Å². The van der Waals surface area contributed by atoms with Gasteiger partial charge < -0.3 is 19.1 Å². The van der Waals surface area contributed by atoms with Crippen LogP contribution in [0.3, 0.4) is 0 Å². The quantitative estimate of drug-likeness (QED) is 0.539. The van der Waals surface area contributed by atoms with Crippen molar-refractivity contribution in [1.29, 1.82) is 0 Å². The largest absolute Gasteiger partial charge is 0.497 e. The Morgan fingerprint density at radius 2 is 1.68 bits per heavy atom. The fourth-order valence-corrected chi connectivity index (χ4v) is 4.05. The van der Waals surface area contributed by atoms with E-state index in [1.807, 2.05) is 31.2 Å². The molecule has 0 unspecified atom stereocenters. The van der Waals surface area contributed by atoms with E-state index in [2.05, 4.69) is 29.2 Å². The molecule has 1 saturated heterocycles. The second-order valence-electron chi connectivity index (χ2n) is 7.69. The first-order valence-corrected chi connectivity index (χ1v) is 10.7. The molecule has 1 fully saturated rings. The van der Waals surface area contributed by atoms with Gasteiger partial charge in [0.15, 0.2) is 0 Å². The van der Waals surface area contributed by atoms with Crippen LogP contribution in [0.25, 0.3) is 22.0 Å². The number of benzene rings is 2. The minimum Gasteiger partial charge on any atom is -0.497 e.